The fourth-order valence-corrected chi connectivity index (χ4v) is 5.10. The molecule has 0 amide bonds. The molecule has 4 nitrogen and oxygen atoms in total. The van der Waals surface area contributed by atoms with Crippen molar-refractivity contribution < 1.29 is 4.74 Å². The standard InChI is InChI=1S/C25H27N3OS/c1-4-27-23-10-9-21-17(6-5-7-22(21)23)13-20-15-28-25(30-20)18-8-11-24(29-16(2)3)19(12-18)14-26/h5-8,11-12,15-16,23,27H,4,9-10,13H2,1-3H3. The molecule has 4 rings (SSSR count). The molecule has 0 bridgehead atoms. The molecule has 0 radical (unpaired) electrons. The number of nitrogens with zero attached hydrogens (tertiary/aromatic N) is 2. The predicted molar refractivity (Wildman–Crippen MR) is 122 cm³/mol. The molecule has 1 heterocycles. The molecule has 154 valence electrons. The summed E-state index contributed by atoms with van der Waals surface area (Å²) in [6.07, 6.45) is 5.22. The summed E-state index contributed by atoms with van der Waals surface area (Å²) in [5.74, 6) is 0.628. The summed E-state index contributed by atoms with van der Waals surface area (Å²) < 4.78 is 5.74. The first-order valence-corrected chi connectivity index (χ1v) is 11.4. The molecular weight excluding hydrogens is 390 g/mol. The van der Waals surface area contributed by atoms with E-state index >= 15 is 0 Å². The third kappa shape index (κ3) is 4.26. The molecule has 30 heavy (non-hydrogen) atoms. The lowest BCUT2D eigenvalue weighted by atomic mass is 9.99. The van der Waals surface area contributed by atoms with Crippen LogP contribution in [0.1, 0.15) is 60.4 Å². The average molecular weight is 418 g/mol. The number of aromatic nitrogens is 1. The van der Waals surface area contributed by atoms with Crippen LogP contribution in [0, 0.1) is 11.3 Å². The quantitative estimate of drug-likeness (QED) is 0.539. The predicted octanol–water partition coefficient (Wildman–Crippen LogP) is 5.66. The zero-order valence-electron chi connectivity index (χ0n) is 17.7. The first-order chi connectivity index (χ1) is 14.6. The lowest BCUT2D eigenvalue weighted by molar-refractivity contribution is 0.242. The molecule has 2 aromatic carbocycles. The smallest absolute Gasteiger partial charge is 0.137 e. The van der Waals surface area contributed by atoms with Gasteiger partial charge >= 0.3 is 0 Å². The highest BCUT2D eigenvalue weighted by Gasteiger charge is 2.23. The van der Waals surface area contributed by atoms with Gasteiger partial charge in [0, 0.05) is 29.1 Å². The number of hydrogen-bond donors (Lipinski definition) is 1. The minimum atomic E-state index is 0.0362. The van der Waals surface area contributed by atoms with Crippen molar-refractivity contribution >= 4 is 11.3 Å². The maximum Gasteiger partial charge on any atom is 0.137 e. The molecule has 5 heteroatoms. The van der Waals surface area contributed by atoms with Crippen molar-refractivity contribution in [3.8, 4) is 22.4 Å². The van der Waals surface area contributed by atoms with Crippen molar-refractivity contribution in [1.29, 1.82) is 5.26 Å². The van der Waals surface area contributed by atoms with Gasteiger partial charge < -0.3 is 10.1 Å². The average Bonchev–Trinajstić information content (AvgIpc) is 3.36. The molecule has 0 saturated heterocycles. The molecule has 0 spiro atoms. The van der Waals surface area contributed by atoms with Crippen molar-refractivity contribution in [2.24, 2.45) is 0 Å². The van der Waals surface area contributed by atoms with Crippen LogP contribution in [0.2, 0.25) is 0 Å². The molecule has 1 aliphatic carbocycles. The molecule has 1 aromatic heterocycles. The van der Waals surface area contributed by atoms with Crippen LogP contribution in [0.5, 0.6) is 5.75 Å². The monoisotopic (exact) mass is 417 g/mol. The number of rotatable bonds is 7. The number of fused-ring (bicyclic) bond motifs is 1. The van der Waals surface area contributed by atoms with Crippen LogP contribution in [-0.4, -0.2) is 17.6 Å². The number of hydrogen-bond acceptors (Lipinski definition) is 5. The Labute approximate surface area is 182 Å². The Morgan fingerprint density at radius 2 is 2.17 bits per heavy atom. The van der Waals surface area contributed by atoms with Gasteiger partial charge in [-0.05, 0) is 68.1 Å². The zero-order valence-corrected chi connectivity index (χ0v) is 18.6. The molecule has 3 aromatic rings. The fraction of sp³-hybridized carbons (Fsp3) is 0.360. The van der Waals surface area contributed by atoms with E-state index in [1.807, 2.05) is 38.2 Å². The molecule has 1 N–H and O–H groups in total. The molecule has 0 aliphatic heterocycles. The number of ether oxygens (including phenoxy) is 1. The van der Waals surface area contributed by atoms with Crippen molar-refractivity contribution in [3.05, 3.63) is 69.7 Å². The molecule has 0 saturated carbocycles. The lowest BCUT2D eigenvalue weighted by Gasteiger charge is -2.13. The van der Waals surface area contributed by atoms with Crippen LogP contribution in [-0.2, 0) is 12.8 Å². The highest BCUT2D eigenvalue weighted by molar-refractivity contribution is 7.15. The van der Waals surface area contributed by atoms with E-state index in [9.17, 15) is 5.26 Å². The highest BCUT2D eigenvalue weighted by Crippen LogP contribution is 2.36. The summed E-state index contributed by atoms with van der Waals surface area (Å²) in [6, 6.07) is 15.2. The first kappa shape index (κ1) is 20.6. The first-order valence-electron chi connectivity index (χ1n) is 10.6. The van der Waals surface area contributed by atoms with E-state index in [0.717, 1.165) is 30.0 Å². The Morgan fingerprint density at radius 1 is 1.30 bits per heavy atom. The maximum absolute atomic E-state index is 9.50. The van der Waals surface area contributed by atoms with Gasteiger partial charge in [-0.2, -0.15) is 5.26 Å². The van der Waals surface area contributed by atoms with Crippen LogP contribution in [0.25, 0.3) is 10.6 Å². The van der Waals surface area contributed by atoms with E-state index in [2.05, 4.69) is 41.5 Å². The van der Waals surface area contributed by atoms with Crippen LogP contribution < -0.4 is 10.1 Å². The third-order valence-corrected chi connectivity index (χ3v) is 6.49. The second-order valence-corrected chi connectivity index (χ2v) is 9.05. The summed E-state index contributed by atoms with van der Waals surface area (Å²) in [6.45, 7) is 7.09. The summed E-state index contributed by atoms with van der Waals surface area (Å²) in [5.41, 5.74) is 5.87. The number of nitriles is 1. The van der Waals surface area contributed by atoms with E-state index in [0.29, 0.717) is 17.4 Å². The fourth-order valence-electron chi connectivity index (χ4n) is 4.17. The van der Waals surface area contributed by atoms with Gasteiger partial charge in [0.15, 0.2) is 0 Å². The van der Waals surface area contributed by atoms with Crippen molar-refractivity contribution in [3.63, 3.8) is 0 Å². The van der Waals surface area contributed by atoms with Crippen LogP contribution in [0.15, 0.2) is 42.6 Å². The van der Waals surface area contributed by atoms with Gasteiger partial charge in [-0.3, -0.25) is 0 Å². The van der Waals surface area contributed by atoms with E-state index in [-0.39, 0.29) is 6.10 Å². The Kier molecular flexibility index (Phi) is 6.17. The maximum atomic E-state index is 9.50. The summed E-state index contributed by atoms with van der Waals surface area (Å²) >= 11 is 1.70. The summed E-state index contributed by atoms with van der Waals surface area (Å²) in [5, 5.41) is 14.0. The minimum Gasteiger partial charge on any atom is -0.490 e. The van der Waals surface area contributed by atoms with Crippen molar-refractivity contribution in [1.82, 2.24) is 10.3 Å². The number of nitrogens with one attached hydrogen (secondary N) is 1. The van der Waals surface area contributed by atoms with Gasteiger partial charge in [-0.15, -0.1) is 11.3 Å². The normalized spacial score (nSPS) is 15.2. The van der Waals surface area contributed by atoms with Gasteiger partial charge in [0.2, 0.25) is 0 Å². The second kappa shape index (κ2) is 8.99. The molecule has 1 unspecified atom stereocenters. The zero-order chi connectivity index (χ0) is 21.1. The van der Waals surface area contributed by atoms with Gasteiger partial charge in [0.1, 0.15) is 16.8 Å². The van der Waals surface area contributed by atoms with E-state index < -0.39 is 0 Å². The lowest BCUT2D eigenvalue weighted by Crippen LogP contribution is -2.18. The Hall–Kier alpha value is -2.68. The van der Waals surface area contributed by atoms with E-state index in [1.165, 1.54) is 28.0 Å². The molecule has 1 aliphatic rings. The van der Waals surface area contributed by atoms with E-state index in [4.69, 9.17) is 4.74 Å². The van der Waals surface area contributed by atoms with Gasteiger partial charge in [0.05, 0.1) is 11.7 Å². The largest absolute Gasteiger partial charge is 0.490 e. The van der Waals surface area contributed by atoms with Crippen LogP contribution >= 0.6 is 11.3 Å². The Morgan fingerprint density at radius 3 is 2.93 bits per heavy atom. The van der Waals surface area contributed by atoms with Crippen molar-refractivity contribution in [2.75, 3.05) is 6.54 Å². The molecular formula is C25H27N3OS. The number of thiazole rings is 1. The van der Waals surface area contributed by atoms with E-state index in [1.54, 1.807) is 11.3 Å². The third-order valence-electron chi connectivity index (χ3n) is 5.45. The molecule has 0 fully saturated rings. The Balaban J connectivity index is 1.56. The van der Waals surface area contributed by atoms with Crippen molar-refractivity contribution in [2.45, 2.75) is 52.2 Å². The van der Waals surface area contributed by atoms with Gasteiger partial charge in [-0.1, -0.05) is 25.1 Å². The number of benzene rings is 2. The Bertz CT molecular complexity index is 1080. The SMILES string of the molecule is CCNC1CCc2c(Cc3cnc(-c4ccc(OC(C)C)c(C#N)c4)s3)cccc21. The van der Waals surface area contributed by atoms with Crippen LogP contribution in [0.3, 0.4) is 0 Å². The topological polar surface area (TPSA) is 57.9 Å². The highest BCUT2D eigenvalue weighted by atomic mass is 32.1. The second-order valence-electron chi connectivity index (χ2n) is 7.93. The van der Waals surface area contributed by atoms with Crippen LogP contribution in [0.4, 0.5) is 0 Å². The van der Waals surface area contributed by atoms with Gasteiger partial charge in [-0.25, -0.2) is 4.98 Å². The molecule has 1 atom stereocenters. The van der Waals surface area contributed by atoms with Gasteiger partial charge in [0.25, 0.3) is 0 Å². The summed E-state index contributed by atoms with van der Waals surface area (Å²) in [4.78, 5) is 5.88. The summed E-state index contributed by atoms with van der Waals surface area (Å²) in [7, 11) is 0. The minimum absolute atomic E-state index is 0.0362.